The fraction of sp³-hybridized carbons (Fsp3) is 0.455. The third-order valence-electron chi connectivity index (χ3n) is 5.69. The zero-order chi connectivity index (χ0) is 20.3. The highest BCUT2D eigenvalue weighted by Gasteiger charge is 2.23. The average molecular weight is 427 g/mol. The lowest BCUT2D eigenvalue weighted by atomic mass is 9.93. The highest BCUT2D eigenvalue weighted by Crippen LogP contribution is 2.33. The van der Waals surface area contributed by atoms with Crippen LogP contribution in [0.5, 0.6) is 11.5 Å². The number of aromatic nitrogens is 2. The number of hydrogen-bond acceptors (Lipinski definition) is 8. The van der Waals surface area contributed by atoms with Gasteiger partial charge in [0.25, 0.3) is 0 Å². The molecule has 1 saturated carbocycles. The Bertz CT molecular complexity index is 1000. The van der Waals surface area contributed by atoms with Crippen LogP contribution in [0, 0.1) is 0 Å². The highest BCUT2D eigenvalue weighted by molar-refractivity contribution is 7.22. The maximum Gasteiger partial charge on any atom is 0.184 e. The second-order valence-corrected chi connectivity index (χ2v) is 8.83. The summed E-state index contributed by atoms with van der Waals surface area (Å²) in [7, 11) is 0. The van der Waals surface area contributed by atoms with Crippen molar-refractivity contribution in [2.45, 2.75) is 37.8 Å². The third-order valence-corrected chi connectivity index (χ3v) is 6.64. The van der Waals surface area contributed by atoms with Gasteiger partial charge in [0.05, 0.1) is 35.6 Å². The minimum Gasteiger partial charge on any atom is -0.457 e. The summed E-state index contributed by atoms with van der Waals surface area (Å²) in [6, 6.07) is 9.87. The molecule has 2 atom stereocenters. The van der Waals surface area contributed by atoms with Gasteiger partial charge >= 0.3 is 0 Å². The molecule has 0 radical (unpaired) electrons. The number of rotatable bonds is 5. The molecule has 0 spiro atoms. The predicted molar refractivity (Wildman–Crippen MR) is 119 cm³/mol. The van der Waals surface area contributed by atoms with E-state index in [2.05, 4.69) is 20.2 Å². The van der Waals surface area contributed by atoms with E-state index in [1.54, 1.807) is 17.5 Å². The minimum atomic E-state index is -0.294. The summed E-state index contributed by atoms with van der Waals surface area (Å²) >= 11 is 1.60. The van der Waals surface area contributed by atoms with E-state index in [9.17, 15) is 5.11 Å². The molecule has 0 amide bonds. The molecule has 7 nitrogen and oxygen atoms in total. The van der Waals surface area contributed by atoms with Crippen molar-refractivity contribution in [2.75, 3.05) is 36.5 Å². The maximum atomic E-state index is 10.2. The van der Waals surface area contributed by atoms with Crippen LogP contribution in [0.15, 0.2) is 36.5 Å². The molecule has 8 heteroatoms. The molecular weight excluding hydrogens is 400 g/mol. The monoisotopic (exact) mass is 426 g/mol. The second kappa shape index (κ2) is 8.75. The van der Waals surface area contributed by atoms with E-state index in [1.165, 1.54) is 0 Å². The van der Waals surface area contributed by atoms with E-state index in [1.807, 2.05) is 30.3 Å². The summed E-state index contributed by atoms with van der Waals surface area (Å²) < 4.78 is 12.6. The number of morpholine rings is 1. The van der Waals surface area contributed by atoms with Crippen LogP contribution >= 0.6 is 11.3 Å². The molecular formula is C22H26N4O3S. The largest absolute Gasteiger partial charge is 0.457 e. The zero-order valence-corrected chi connectivity index (χ0v) is 17.6. The molecule has 1 aromatic carbocycles. The van der Waals surface area contributed by atoms with E-state index < -0.39 is 0 Å². The van der Waals surface area contributed by atoms with Crippen LogP contribution in [0.4, 0.5) is 10.9 Å². The minimum absolute atomic E-state index is 0.0884. The van der Waals surface area contributed by atoms with Gasteiger partial charge in [0.15, 0.2) is 5.13 Å². The quantitative estimate of drug-likeness (QED) is 0.637. The molecule has 158 valence electrons. The number of aliphatic hydroxyl groups excluding tert-OH is 1. The molecule has 2 aromatic heterocycles. The van der Waals surface area contributed by atoms with Gasteiger partial charge < -0.3 is 24.8 Å². The van der Waals surface area contributed by atoms with Crippen LogP contribution in [0.2, 0.25) is 0 Å². The van der Waals surface area contributed by atoms with Gasteiger partial charge in [0.1, 0.15) is 17.3 Å². The predicted octanol–water partition coefficient (Wildman–Crippen LogP) is 4.04. The summed E-state index contributed by atoms with van der Waals surface area (Å²) in [5, 5.41) is 14.5. The first-order chi connectivity index (χ1) is 14.7. The molecule has 0 bridgehead atoms. The van der Waals surface area contributed by atoms with Gasteiger partial charge in [0.2, 0.25) is 0 Å². The molecule has 2 aliphatic rings. The number of aliphatic hydroxyl groups is 1. The van der Waals surface area contributed by atoms with Crippen LogP contribution in [0.3, 0.4) is 0 Å². The Labute approximate surface area is 179 Å². The van der Waals surface area contributed by atoms with Gasteiger partial charge in [-0.25, -0.2) is 9.97 Å². The molecule has 5 rings (SSSR count). The van der Waals surface area contributed by atoms with Crippen LogP contribution < -0.4 is 15.0 Å². The molecule has 2 N–H and O–H groups in total. The standard InChI is InChI=1S/C22H26N4O3S/c27-19-4-2-1-3-17(19)24-22-25-18-6-5-15(13-20(18)30-22)29-16-7-8-23-21(14-16)26-9-11-28-12-10-26/h5-8,13-14,17,19,27H,1-4,9-12H2,(H,24,25)/t17-,19-/m1/s1. The van der Waals surface area contributed by atoms with Crippen molar-refractivity contribution in [1.82, 2.24) is 9.97 Å². The van der Waals surface area contributed by atoms with Crippen LogP contribution in [-0.2, 0) is 4.74 Å². The molecule has 3 heterocycles. The van der Waals surface area contributed by atoms with Crippen LogP contribution in [0.25, 0.3) is 10.2 Å². The highest BCUT2D eigenvalue weighted by atomic mass is 32.1. The van der Waals surface area contributed by atoms with Crippen molar-refractivity contribution in [3.05, 3.63) is 36.5 Å². The SMILES string of the molecule is O[C@@H]1CCCC[C@H]1Nc1nc2ccc(Oc3ccnc(N4CCOCC4)c3)cc2s1. The number of benzene rings is 1. The number of thiazole rings is 1. The zero-order valence-electron chi connectivity index (χ0n) is 16.8. The van der Waals surface area contributed by atoms with Crippen LogP contribution in [-0.4, -0.2) is 53.5 Å². The van der Waals surface area contributed by atoms with Crippen molar-refractivity contribution >= 4 is 32.5 Å². The van der Waals surface area contributed by atoms with Crippen LogP contribution in [0.1, 0.15) is 25.7 Å². The van der Waals surface area contributed by atoms with E-state index in [-0.39, 0.29) is 12.1 Å². The fourth-order valence-electron chi connectivity index (χ4n) is 4.03. The van der Waals surface area contributed by atoms with Crippen molar-refractivity contribution in [1.29, 1.82) is 0 Å². The number of pyridine rings is 1. The Balaban J connectivity index is 1.30. The van der Waals surface area contributed by atoms with Gasteiger partial charge in [-0.1, -0.05) is 24.2 Å². The number of fused-ring (bicyclic) bond motifs is 1. The van der Waals surface area contributed by atoms with E-state index in [4.69, 9.17) is 9.47 Å². The van der Waals surface area contributed by atoms with E-state index in [0.29, 0.717) is 0 Å². The van der Waals surface area contributed by atoms with Gasteiger partial charge in [-0.05, 0) is 31.0 Å². The fourth-order valence-corrected chi connectivity index (χ4v) is 4.99. The number of ether oxygens (including phenoxy) is 2. The Hall–Kier alpha value is -2.42. The summed E-state index contributed by atoms with van der Waals surface area (Å²) in [4.78, 5) is 11.4. The first-order valence-corrected chi connectivity index (χ1v) is 11.4. The van der Waals surface area contributed by atoms with Crippen molar-refractivity contribution < 1.29 is 14.6 Å². The van der Waals surface area contributed by atoms with Gasteiger partial charge in [-0.3, -0.25) is 0 Å². The number of hydrogen-bond donors (Lipinski definition) is 2. The maximum absolute atomic E-state index is 10.2. The van der Waals surface area contributed by atoms with Gasteiger partial charge in [-0.2, -0.15) is 0 Å². The smallest absolute Gasteiger partial charge is 0.184 e. The molecule has 2 fully saturated rings. The Kier molecular flexibility index (Phi) is 5.70. The summed E-state index contributed by atoms with van der Waals surface area (Å²) in [6.45, 7) is 3.13. The summed E-state index contributed by atoms with van der Waals surface area (Å²) in [6.07, 6.45) is 5.58. The average Bonchev–Trinajstić information content (AvgIpc) is 3.18. The van der Waals surface area contributed by atoms with Crippen molar-refractivity contribution in [2.24, 2.45) is 0 Å². The molecule has 3 aromatic rings. The summed E-state index contributed by atoms with van der Waals surface area (Å²) in [5.74, 6) is 2.45. The van der Waals surface area contributed by atoms with Crippen molar-refractivity contribution in [3.63, 3.8) is 0 Å². The second-order valence-electron chi connectivity index (χ2n) is 7.80. The van der Waals surface area contributed by atoms with Crippen molar-refractivity contribution in [3.8, 4) is 11.5 Å². The first-order valence-electron chi connectivity index (χ1n) is 10.6. The Morgan fingerprint density at radius 2 is 1.93 bits per heavy atom. The molecule has 30 heavy (non-hydrogen) atoms. The third kappa shape index (κ3) is 4.35. The molecule has 1 saturated heterocycles. The lowest BCUT2D eigenvalue weighted by Crippen LogP contribution is -2.36. The van der Waals surface area contributed by atoms with E-state index in [0.717, 1.165) is 84.7 Å². The number of nitrogens with one attached hydrogen (secondary N) is 1. The lowest BCUT2D eigenvalue weighted by Gasteiger charge is -2.27. The summed E-state index contributed by atoms with van der Waals surface area (Å²) in [5.41, 5.74) is 0.934. The van der Waals surface area contributed by atoms with E-state index >= 15 is 0 Å². The normalized spacial score (nSPS) is 22.2. The lowest BCUT2D eigenvalue weighted by molar-refractivity contribution is 0.116. The van der Waals surface area contributed by atoms with Gasteiger partial charge in [-0.15, -0.1) is 0 Å². The number of anilines is 2. The Morgan fingerprint density at radius 1 is 1.10 bits per heavy atom. The Morgan fingerprint density at radius 3 is 2.80 bits per heavy atom. The first kappa shape index (κ1) is 19.5. The van der Waals surface area contributed by atoms with Gasteiger partial charge in [0, 0.05) is 31.4 Å². The molecule has 1 aliphatic carbocycles. The molecule has 1 aliphatic heterocycles. The molecule has 0 unspecified atom stereocenters. The topological polar surface area (TPSA) is 79.7 Å². The number of nitrogens with zero attached hydrogens (tertiary/aromatic N) is 3.